The van der Waals surface area contributed by atoms with Crippen molar-refractivity contribution in [3.05, 3.63) is 71.4 Å². The Labute approximate surface area is 131 Å². The molecule has 0 radical (unpaired) electrons. The number of fused-ring (bicyclic) bond motifs is 1. The molecule has 0 N–H and O–H groups in total. The molecule has 3 heterocycles. The van der Waals surface area contributed by atoms with E-state index in [9.17, 15) is 4.79 Å². The van der Waals surface area contributed by atoms with E-state index in [1.54, 1.807) is 31.0 Å². The number of nitrogens with zero attached hydrogens (tertiary/aromatic N) is 4. The molecular formula is C17H12N4O2. The minimum Gasteiger partial charge on any atom is -0.403 e. The molecule has 6 nitrogen and oxygen atoms in total. The molecule has 0 amide bonds. The second kappa shape index (κ2) is 5.17. The standard InChI is InChI=1S/C17H12N4O2/c1-11-3-2-4-13-15(11)17(22)23-16(20-13)12-9-18-6-5-14(12)21-8-7-19-10-21/h2-10H,1H3. The minimum absolute atomic E-state index is 0.241. The molecule has 1 aromatic carbocycles. The zero-order valence-corrected chi connectivity index (χ0v) is 12.3. The van der Waals surface area contributed by atoms with E-state index in [0.29, 0.717) is 16.5 Å². The van der Waals surface area contributed by atoms with Crippen LogP contribution < -0.4 is 5.63 Å². The first-order valence-electron chi connectivity index (χ1n) is 7.07. The van der Waals surface area contributed by atoms with Gasteiger partial charge in [-0.25, -0.2) is 14.8 Å². The highest BCUT2D eigenvalue weighted by Gasteiger charge is 2.14. The highest BCUT2D eigenvalue weighted by atomic mass is 16.4. The van der Waals surface area contributed by atoms with Gasteiger partial charge in [-0.1, -0.05) is 12.1 Å². The van der Waals surface area contributed by atoms with Crippen molar-refractivity contribution in [3.8, 4) is 17.1 Å². The van der Waals surface area contributed by atoms with Gasteiger partial charge in [-0.15, -0.1) is 0 Å². The van der Waals surface area contributed by atoms with Gasteiger partial charge < -0.3 is 8.98 Å². The fourth-order valence-corrected chi connectivity index (χ4v) is 2.58. The lowest BCUT2D eigenvalue weighted by Gasteiger charge is -2.08. The van der Waals surface area contributed by atoms with Crippen LogP contribution in [0.3, 0.4) is 0 Å². The SMILES string of the molecule is Cc1cccc2nc(-c3cnccc3-n3ccnc3)oc(=O)c12. The van der Waals surface area contributed by atoms with Crippen LogP contribution in [-0.4, -0.2) is 19.5 Å². The maximum atomic E-state index is 12.3. The number of rotatable bonds is 2. The molecule has 0 saturated carbocycles. The molecule has 0 spiro atoms. The molecular weight excluding hydrogens is 292 g/mol. The Balaban J connectivity index is 2.00. The third kappa shape index (κ3) is 2.20. The monoisotopic (exact) mass is 304 g/mol. The number of benzene rings is 1. The third-order valence-electron chi connectivity index (χ3n) is 3.68. The van der Waals surface area contributed by atoms with E-state index < -0.39 is 5.63 Å². The number of hydrogen-bond donors (Lipinski definition) is 0. The van der Waals surface area contributed by atoms with Crippen LogP contribution in [0.4, 0.5) is 0 Å². The van der Waals surface area contributed by atoms with Crippen molar-refractivity contribution < 1.29 is 4.42 Å². The molecule has 23 heavy (non-hydrogen) atoms. The van der Waals surface area contributed by atoms with Gasteiger partial charge in [0, 0.05) is 24.8 Å². The van der Waals surface area contributed by atoms with Crippen LogP contribution >= 0.6 is 0 Å². The number of hydrogen-bond acceptors (Lipinski definition) is 5. The fourth-order valence-electron chi connectivity index (χ4n) is 2.58. The van der Waals surface area contributed by atoms with Gasteiger partial charge in [0.15, 0.2) is 0 Å². The summed E-state index contributed by atoms with van der Waals surface area (Å²) in [6.45, 7) is 1.86. The number of imidazole rings is 1. The summed E-state index contributed by atoms with van der Waals surface area (Å²) in [4.78, 5) is 25.0. The molecule has 6 heteroatoms. The molecule has 0 fully saturated rings. The van der Waals surface area contributed by atoms with Gasteiger partial charge in [0.25, 0.3) is 0 Å². The van der Waals surface area contributed by atoms with Crippen LogP contribution in [0.1, 0.15) is 5.56 Å². The van der Waals surface area contributed by atoms with Crippen molar-refractivity contribution in [2.75, 3.05) is 0 Å². The molecule has 0 aliphatic rings. The molecule has 0 unspecified atom stereocenters. The molecule has 4 aromatic rings. The average Bonchev–Trinajstić information content (AvgIpc) is 3.09. The lowest BCUT2D eigenvalue weighted by atomic mass is 10.1. The summed E-state index contributed by atoms with van der Waals surface area (Å²) in [5.74, 6) is 0.241. The molecule has 112 valence electrons. The van der Waals surface area contributed by atoms with Crippen LogP contribution in [0, 0.1) is 6.92 Å². The summed E-state index contributed by atoms with van der Waals surface area (Å²) < 4.78 is 7.27. The molecule has 0 atom stereocenters. The van der Waals surface area contributed by atoms with Crippen LogP contribution in [0.2, 0.25) is 0 Å². The molecule has 4 rings (SSSR count). The van der Waals surface area contributed by atoms with E-state index in [2.05, 4.69) is 15.0 Å². The van der Waals surface area contributed by atoms with Gasteiger partial charge in [-0.3, -0.25) is 4.98 Å². The van der Waals surface area contributed by atoms with E-state index >= 15 is 0 Å². The zero-order valence-electron chi connectivity index (χ0n) is 12.3. The largest absolute Gasteiger partial charge is 0.403 e. The highest BCUT2D eigenvalue weighted by molar-refractivity contribution is 5.82. The summed E-state index contributed by atoms with van der Waals surface area (Å²) >= 11 is 0. The smallest absolute Gasteiger partial charge is 0.347 e. The third-order valence-corrected chi connectivity index (χ3v) is 3.68. The van der Waals surface area contributed by atoms with Crippen molar-refractivity contribution in [2.45, 2.75) is 6.92 Å². The summed E-state index contributed by atoms with van der Waals surface area (Å²) in [6, 6.07) is 7.35. The van der Waals surface area contributed by atoms with Crippen molar-refractivity contribution in [3.63, 3.8) is 0 Å². The van der Waals surface area contributed by atoms with Gasteiger partial charge in [0.05, 0.1) is 28.5 Å². The Morgan fingerprint density at radius 3 is 2.87 bits per heavy atom. The van der Waals surface area contributed by atoms with Crippen molar-refractivity contribution in [1.29, 1.82) is 0 Å². The number of pyridine rings is 1. The van der Waals surface area contributed by atoms with E-state index in [4.69, 9.17) is 4.42 Å². The zero-order chi connectivity index (χ0) is 15.8. The van der Waals surface area contributed by atoms with E-state index in [1.807, 2.05) is 35.9 Å². The first-order valence-corrected chi connectivity index (χ1v) is 7.07. The van der Waals surface area contributed by atoms with Gasteiger partial charge in [0.2, 0.25) is 5.89 Å². The van der Waals surface area contributed by atoms with Gasteiger partial charge >= 0.3 is 5.63 Å². The molecule has 0 saturated heterocycles. The Morgan fingerprint density at radius 1 is 1.13 bits per heavy atom. The minimum atomic E-state index is -0.400. The lowest BCUT2D eigenvalue weighted by molar-refractivity contribution is 0.517. The quantitative estimate of drug-likeness (QED) is 0.569. The Bertz CT molecular complexity index is 1050. The Kier molecular flexibility index (Phi) is 3.01. The van der Waals surface area contributed by atoms with Crippen LogP contribution in [0.25, 0.3) is 28.0 Å². The lowest BCUT2D eigenvalue weighted by Crippen LogP contribution is -2.06. The molecule has 0 bridgehead atoms. The van der Waals surface area contributed by atoms with Crippen molar-refractivity contribution in [2.24, 2.45) is 0 Å². The maximum Gasteiger partial charge on any atom is 0.347 e. The second-order valence-corrected chi connectivity index (χ2v) is 5.14. The predicted octanol–water partition coefficient (Wildman–Crippen LogP) is 2.74. The second-order valence-electron chi connectivity index (χ2n) is 5.14. The molecule has 0 aliphatic heterocycles. The topological polar surface area (TPSA) is 73.8 Å². The fraction of sp³-hybridized carbons (Fsp3) is 0.0588. The Morgan fingerprint density at radius 2 is 2.04 bits per heavy atom. The summed E-state index contributed by atoms with van der Waals surface area (Å²) in [6.07, 6.45) is 8.45. The van der Waals surface area contributed by atoms with Crippen molar-refractivity contribution >= 4 is 10.9 Å². The normalized spacial score (nSPS) is 11.0. The number of aromatic nitrogens is 4. The molecule has 3 aromatic heterocycles. The number of aryl methyl sites for hydroxylation is 1. The summed E-state index contributed by atoms with van der Waals surface area (Å²) in [5, 5.41) is 0.504. The average molecular weight is 304 g/mol. The summed E-state index contributed by atoms with van der Waals surface area (Å²) in [7, 11) is 0. The van der Waals surface area contributed by atoms with Gasteiger partial charge in [-0.2, -0.15) is 0 Å². The van der Waals surface area contributed by atoms with Crippen LogP contribution in [0.5, 0.6) is 0 Å². The van der Waals surface area contributed by atoms with Crippen molar-refractivity contribution in [1.82, 2.24) is 19.5 Å². The summed E-state index contributed by atoms with van der Waals surface area (Å²) in [5.41, 5.74) is 2.47. The van der Waals surface area contributed by atoms with Crippen LogP contribution in [0.15, 0.2) is 64.6 Å². The molecule has 0 aliphatic carbocycles. The van der Waals surface area contributed by atoms with E-state index in [-0.39, 0.29) is 5.89 Å². The van der Waals surface area contributed by atoms with E-state index in [1.165, 1.54) is 0 Å². The van der Waals surface area contributed by atoms with Gasteiger partial charge in [0.1, 0.15) is 0 Å². The first kappa shape index (κ1) is 13.4. The van der Waals surface area contributed by atoms with Gasteiger partial charge in [-0.05, 0) is 24.6 Å². The predicted molar refractivity (Wildman–Crippen MR) is 85.4 cm³/mol. The highest BCUT2D eigenvalue weighted by Crippen LogP contribution is 2.25. The first-order chi connectivity index (χ1) is 11.2. The maximum absolute atomic E-state index is 12.3. The van der Waals surface area contributed by atoms with Crippen LogP contribution in [-0.2, 0) is 0 Å². The Hall–Kier alpha value is -3.28. The van der Waals surface area contributed by atoms with E-state index in [0.717, 1.165) is 11.3 Å².